The van der Waals surface area contributed by atoms with Gasteiger partial charge in [0.05, 0.1) is 13.2 Å². The van der Waals surface area contributed by atoms with Crippen LogP contribution in [0.15, 0.2) is 22.6 Å². The molecule has 1 unspecified atom stereocenters. The maximum Gasteiger partial charge on any atom is 0.226 e. The lowest BCUT2D eigenvalue weighted by molar-refractivity contribution is -0.117. The molecule has 1 aromatic heterocycles. The van der Waals surface area contributed by atoms with Gasteiger partial charge in [-0.1, -0.05) is 0 Å². The summed E-state index contributed by atoms with van der Waals surface area (Å²) in [5.74, 6) is 1.29. The summed E-state index contributed by atoms with van der Waals surface area (Å²) in [5.41, 5.74) is 2.34. The molecule has 2 aromatic rings. The van der Waals surface area contributed by atoms with Crippen molar-refractivity contribution in [1.29, 1.82) is 0 Å². The lowest BCUT2D eigenvalue weighted by Gasteiger charge is -2.23. The Morgan fingerprint density at radius 2 is 2.32 bits per heavy atom. The van der Waals surface area contributed by atoms with E-state index < -0.39 is 0 Å². The van der Waals surface area contributed by atoms with Crippen LogP contribution < -0.4 is 10.6 Å². The number of ether oxygens (including phenoxy) is 1. The predicted octanol–water partition coefficient (Wildman–Crippen LogP) is 2.02. The Balaban J connectivity index is 1.42. The molecule has 1 aliphatic heterocycles. The van der Waals surface area contributed by atoms with E-state index in [-0.39, 0.29) is 11.9 Å². The van der Waals surface area contributed by atoms with E-state index in [4.69, 9.17) is 9.15 Å². The molecule has 1 saturated heterocycles. The van der Waals surface area contributed by atoms with E-state index in [2.05, 4.69) is 15.6 Å². The Hall–Kier alpha value is -1.92. The van der Waals surface area contributed by atoms with Crippen molar-refractivity contribution in [1.82, 2.24) is 10.3 Å². The van der Waals surface area contributed by atoms with Gasteiger partial charge in [0.1, 0.15) is 5.52 Å². The van der Waals surface area contributed by atoms with Crippen molar-refractivity contribution in [2.24, 2.45) is 0 Å². The molecular formula is C16H19N3O3. The number of carbonyl (C=O) groups is 1. The van der Waals surface area contributed by atoms with E-state index in [1.807, 2.05) is 18.2 Å². The highest BCUT2D eigenvalue weighted by Crippen LogP contribution is 2.40. The number of hydrogen-bond donors (Lipinski definition) is 2. The number of amides is 1. The third-order valence-electron chi connectivity index (χ3n) is 4.04. The Bertz CT molecular complexity index is 687. The van der Waals surface area contributed by atoms with Crippen molar-refractivity contribution in [2.75, 3.05) is 25.1 Å². The summed E-state index contributed by atoms with van der Waals surface area (Å²) in [6.45, 7) is 2.09. The molecule has 6 nitrogen and oxygen atoms in total. The molecule has 116 valence electrons. The molecule has 1 aliphatic carbocycles. The summed E-state index contributed by atoms with van der Waals surface area (Å²) < 4.78 is 11.1. The van der Waals surface area contributed by atoms with Crippen LogP contribution in [0.5, 0.6) is 0 Å². The number of nitrogens with one attached hydrogen (secondary N) is 2. The third-order valence-corrected chi connectivity index (χ3v) is 4.04. The minimum atomic E-state index is -0.0201. The lowest BCUT2D eigenvalue weighted by Crippen LogP contribution is -2.43. The number of rotatable bonds is 4. The second-order valence-corrected chi connectivity index (χ2v) is 5.99. The molecule has 4 rings (SSSR count). The minimum absolute atomic E-state index is 0.0201. The minimum Gasteiger partial charge on any atom is -0.440 e. The smallest absolute Gasteiger partial charge is 0.226 e. The Kier molecular flexibility index (Phi) is 3.56. The highest BCUT2D eigenvalue weighted by molar-refractivity contribution is 5.93. The van der Waals surface area contributed by atoms with E-state index in [0.717, 1.165) is 42.1 Å². The molecule has 1 aromatic carbocycles. The maximum atomic E-state index is 12.1. The number of anilines is 1. The van der Waals surface area contributed by atoms with E-state index in [1.165, 1.54) is 0 Å². The Labute approximate surface area is 128 Å². The second kappa shape index (κ2) is 5.70. The first-order valence-electron chi connectivity index (χ1n) is 7.79. The molecular weight excluding hydrogens is 282 g/mol. The predicted molar refractivity (Wildman–Crippen MR) is 81.8 cm³/mol. The fourth-order valence-corrected chi connectivity index (χ4v) is 2.71. The molecule has 0 radical (unpaired) electrons. The van der Waals surface area contributed by atoms with Crippen LogP contribution in [0.4, 0.5) is 5.69 Å². The molecule has 1 saturated carbocycles. The molecule has 2 fully saturated rings. The van der Waals surface area contributed by atoms with Crippen molar-refractivity contribution in [3.63, 3.8) is 0 Å². The van der Waals surface area contributed by atoms with Gasteiger partial charge in [-0.25, -0.2) is 4.98 Å². The van der Waals surface area contributed by atoms with Gasteiger partial charge >= 0.3 is 0 Å². The maximum absolute atomic E-state index is 12.1. The molecule has 0 spiro atoms. The number of carbonyl (C=O) groups excluding carboxylic acids is 1. The van der Waals surface area contributed by atoms with Crippen LogP contribution >= 0.6 is 0 Å². The van der Waals surface area contributed by atoms with Crippen LogP contribution in [-0.4, -0.2) is 36.7 Å². The van der Waals surface area contributed by atoms with Gasteiger partial charge in [-0.2, -0.15) is 0 Å². The molecule has 22 heavy (non-hydrogen) atoms. The number of nitrogens with zero attached hydrogens (tertiary/aromatic N) is 1. The quantitative estimate of drug-likeness (QED) is 0.903. The van der Waals surface area contributed by atoms with Crippen molar-refractivity contribution in [3.8, 4) is 0 Å². The first-order chi connectivity index (χ1) is 10.8. The van der Waals surface area contributed by atoms with Crippen LogP contribution in [0.1, 0.15) is 31.1 Å². The number of benzene rings is 1. The summed E-state index contributed by atoms with van der Waals surface area (Å²) in [6, 6.07) is 5.68. The van der Waals surface area contributed by atoms with E-state index >= 15 is 0 Å². The summed E-state index contributed by atoms with van der Waals surface area (Å²) in [6.07, 6.45) is 2.73. The van der Waals surface area contributed by atoms with Crippen molar-refractivity contribution < 1.29 is 13.9 Å². The number of hydrogen-bond acceptors (Lipinski definition) is 5. The van der Waals surface area contributed by atoms with Crippen LogP contribution in [0.25, 0.3) is 11.1 Å². The average molecular weight is 301 g/mol. The first-order valence-corrected chi connectivity index (χ1v) is 7.79. The van der Waals surface area contributed by atoms with Gasteiger partial charge in [-0.05, 0) is 31.0 Å². The highest BCUT2D eigenvalue weighted by Gasteiger charge is 2.28. The SMILES string of the molecule is O=C(CC1COCCN1)Nc1ccc2oc(C3CC3)nc2c1. The largest absolute Gasteiger partial charge is 0.440 e. The van der Waals surface area contributed by atoms with Crippen LogP contribution in [0.2, 0.25) is 0 Å². The molecule has 2 aliphatic rings. The molecule has 1 atom stereocenters. The molecule has 0 bridgehead atoms. The van der Waals surface area contributed by atoms with E-state index in [1.54, 1.807) is 0 Å². The van der Waals surface area contributed by atoms with Crippen molar-refractivity contribution in [3.05, 3.63) is 24.1 Å². The zero-order valence-corrected chi connectivity index (χ0v) is 12.3. The summed E-state index contributed by atoms with van der Waals surface area (Å²) >= 11 is 0. The van der Waals surface area contributed by atoms with Gasteiger partial charge in [0.2, 0.25) is 5.91 Å². The highest BCUT2D eigenvalue weighted by atomic mass is 16.5. The molecule has 2 N–H and O–H groups in total. The normalized spacial score (nSPS) is 21.9. The number of fused-ring (bicyclic) bond motifs is 1. The van der Waals surface area contributed by atoms with Crippen LogP contribution in [-0.2, 0) is 9.53 Å². The average Bonchev–Trinajstić information content (AvgIpc) is 3.28. The molecule has 2 heterocycles. The zero-order chi connectivity index (χ0) is 14.9. The van der Waals surface area contributed by atoms with Gasteiger partial charge in [0.15, 0.2) is 11.5 Å². The van der Waals surface area contributed by atoms with Gasteiger partial charge in [-0.15, -0.1) is 0 Å². The van der Waals surface area contributed by atoms with Crippen molar-refractivity contribution in [2.45, 2.75) is 31.2 Å². The topological polar surface area (TPSA) is 76.4 Å². The number of aromatic nitrogens is 1. The number of oxazole rings is 1. The third kappa shape index (κ3) is 2.98. The second-order valence-electron chi connectivity index (χ2n) is 5.99. The van der Waals surface area contributed by atoms with Crippen LogP contribution in [0, 0.1) is 0 Å². The van der Waals surface area contributed by atoms with Gasteiger partial charge in [-0.3, -0.25) is 4.79 Å². The van der Waals surface area contributed by atoms with E-state index in [9.17, 15) is 4.79 Å². The lowest BCUT2D eigenvalue weighted by atomic mass is 10.2. The van der Waals surface area contributed by atoms with Crippen LogP contribution in [0.3, 0.4) is 0 Å². The monoisotopic (exact) mass is 301 g/mol. The molecule has 1 amide bonds. The summed E-state index contributed by atoms with van der Waals surface area (Å²) in [7, 11) is 0. The fraction of sp³-hybridized carbons (Fsp3) is 0.500. The van der Waals surface area contributed by atoms with Gasteiger partial charge in [0.25, 0.3) is 0 Å². The standard InChI is InChI=1S/C16H19N3O3/c20-15(8-12-9-21-6-5-17-12)18-11-3-4-14-13(7-11)19-16(22-14)10-1-2-10/h3-4,7,10,12,17H,1-2,5-6,8-9H2,(H,18,20). The van der Waals surface area contributed by atoms with Gasteiger partial charge in [0, 0.05) is 30.6 Å². The first kappa shape index (κ1) is 13.7. The fourth-order valence-electron chi connectivity index (χ4n) is 2.71. The van der Waals surface area contributed by atoms with Crippen molar-refractivity contribution >= 4 is 22.7 Å². The molecule has 6 heteroatoms. The number of morpholine rings is 1. The summed E-state index contributed by atoms with van der Waals surface area (Å²) in [4.78, 5) is 16.6. The summed E-state index contributed by atoms with van der Waals surface area (Å²) in [5, 5.41) is 6.19. The van der Waals surface area contributed by atoms with Gasteiger partial charge < -0.3 is 19.8 Å². The van der Waals surface area contributed by atoms with E-state index in [0.29, 0.717) is 25.6 Å². The Morgan fingerprint density at radius 3 is 3.09 bits per heavy atom. The Morgan fingerprint density at radius 1 is 1.41 bits per heavy atom. The zero-order valence-electron chi connectivity index (χ0n) is 12.3.